The van der Waals surface area contributed by atoms with Gasteiger partial charge >= 0.3 is 0 Å². The van der Waals surface area contributed by atoms with E-state index >= 15 is 0 Å². The van der Waals surface area contributed by atoms with Gasteiger partial charge in [-0.25, -0.2) is 0 Å². The van der Waals surface area contributed by atoms with E-state index in [0.29, 0.717) is 16.5 Å². The SMILES string of the molecule is OC(Cc1ccc(Br)cc1Cl)c1cc(Cl)ccc1I. The predicted molar refractivity (Wildman–Crippen MR) is 92.0 cm³/mol. The standard InChI is InChI=1S/C14H10BrCl2IO/c15-9-2-1-8(12(17)6-9)5-14(19)11-7-10(16)3-4-13(11)18/h1-4,6-7,14,19H,5H2. The summed E-state index contributed by atoms with van der Waals surface area (Å²) in [5.41, 5.74) is 1.74. The molecule has 0 fully saturated rings. The molecule has 0 aliphatic rings. The van der Waals surface area contributed by atoms with Crippen LogP contribution in [0.25, 0.3) is 0 Å². The van der Waals surface area contributed by atoms with E-state index in [-0.39, 0.29) is 0 Å². The molecule has 0 aromatic heterocycles. The highest BCUT2D eigenvalue weighted by Crippen LogP contribution is 2.29. The maximum atomic E-state index is 10.3. The summed E-state index contributed by atoms with van der Waals surface area (Å²) in [5.74, 6) is 0. The van der Waals surface area contributed by atoms with Crippen molar-refractivity contribution in [2.45, 2.75) is 12.5 Å². The largest absolute Gasteiger partial charge is 0.388 e. The second-order valence-electron chi connectivity index (χ2n) is 4.12. The lowest BCUT2D eigenvalue weighted by molar-refractivity contribution is 0.177. The van der Waals surface area contributed by atoms with E-state index in [2.05, 4.69) is 38.5 Å². The second-order valence-corrected chi connectivity index (χ2v) is 7.04. The van der Waals surface area contributed by atoms with Crippen molar-refractivity contribution in [1.82, 2.24) is 0 Å². The maximum Gasteiger partial charge on any atom is 0.0841 e. The van der Waals surface area contributed by atoms with E-state index in [0.717, 1.165) is 19.2 Å². The number of aliphatic hydroxyl groups is 1. The molecule has 2 aromatic rings. The normalized spacial score (nSPS) is 12.5. The zero-order chi connectivity index (χ0) is 14.0. The summed E-state index contributed by atoms with van der Waals surface area (Å²) in [6.45, 7) is 0. The lowest BCUT2D eigenvalue weighted by Gasteiger charge is -2.14. The molecule has 0 saturated carbocycles. The number of halogens is 4. The van der Waals surface area contributed by atoms with Gasteiger partial charge in [-0.05, 0) is 64.0 Å². The third-order valence-electron chi connectivity index (χ3n) is 2.75. The molecule has 0 spiro atoms. The summed E-state index contributed by atoms with van der Waals surface area (Å²) in [6, 6.07) is 11.1. The monoisotopic (exact) mass is 470 g/mol. The molecule has 1 unspecified atom stereocenters. The molecule has 0 saturated heterocycles. The van der Waals surface area contributed by atoms with E-state index in [9.17, 15) is 5.11 Å². The van der Waals surface area contributed by atoms with Gasteiger partial charge in [0.1, 0.15) is 0 Å². The van der Waals surface area contributed by atoms with E-state index in [1.54, 1.807) is 6.07 Å². The summed E-state index contributed by atoms with van der Waals surface area (Å²) >= 11 is 17.7. The van der Waals surface area contributed by atoms with Gasteiger partial charge in [-0.15, -0.1) is 0 Å². The van der Waals surface area contributed by atoms with Crippen molar-refractivity contribution in [3.05, 3.63) is 65.6 Å². The van der Waals surface area contributed by atoms with Crippen LogP contribution in [0.4, 0.5) is 0 Å². The van der Waals surface area contributed by atoms with E-state index in [1.165, 1.54) is 0 Å². The van der Waals surface area contributed by atoms with Crippen LogP contribution >= 0.6 is 61.7 Å². The molecule has 19 heavy (non-hydrogen) atoms. The van der Waals surface area contributed by atoms with Gasteiger partial charge in [-0.2, -0.15) is 0 Å². The van der Waals surface area contributed by atoms with Gasteiger partial charge in [0.2, 0.25) is 0 Å². The molecular formula is C14H10BrCl2IO. The molecule has 1 atom stereocenters. The van der Waals surface area contributed by atoms with Crippen LogP contribution in [0.1, 0.15) is 17.2 Å². The average molecular weight is 472 g/mol. The Labute approximate surface area is 144 Å². The number of hydrogen-bond donors (Lipinski definition) is 1. The van der Waals surface area contributed by atoms with Crippen LogP contribution < -0.4 is 0 Å². The summed E-state index contributed by atoms with van der Waals surface area (Å²) in [6.07, 6.45) is -0.160. The molecule has 1 N–H and O–H groups in total. The first-order valence-corrected chi connectivity index (χ1v) is 8.17. The van der Waals surface area contributed by atoms with E-state index in [1.807, 2.05) is 30.3 Å². The number of benzene rings is 2. The Kier molecular flexibility index (Phi) is 5.55. The fraction of sp³-hybridized carbons (Fsp3) is 0.143. The van der Waals surface area contributed by atoms with Gasteiger partial charge in [0.05, 0.1) is 6.10 Å². The number of aliphatic hydroxyl groups excluding tert-OH is 1. The first kappa shape index (κ1) is 15.6. The van der Waals surface area contributed by atoms with Gasteiger partial charge in [0, 0.05) is 24.5 Å². The molecule has 0 aliphatic carbocycles. The molecule has 0 aliphatic heterocycles. The Morgan fingerprint density at radius 3 is 2.58 bits per heavy atom. The highest BCUT2D eigenvalue weighted by Gasteiger charge is 2.14. The summed E-state index contributed by atoms with van der Waals surface area (Å²) < 4.78 is 1.91. The van der Waals surface area contributed by atoms with Gasteiger partial charge in [-0.1, -0.05) is 45.2 Å². The Bertz CT molecular complexity index is 604. The van der Waals surface area contributed by atoms with Gasteiger partial charge in [-0.3, -0.25) is 0 Å². The van der Waals surface area contributed by atoms with E-state index < -0.39 is 6.10 Å². The topological polar surface area (TPSA) is 20.2 Å². The molecule has 1 nitrogen and oxygen atoms in total. The molecule has 0 heterocycles. The third kappa shape index (κ3) is 4.08. The Balaban J connectivity index is 2.25. The molecule has 2 aromatic carbocycles. The van der Waals surface area contributed by atoms with Crippen molar-refractivity contribution in [3.8, 4) is 0 Å². The summed E-state index contributed by atoms with van der Waals surface area (Å²) in [4.78, 5) is 0. The minimum atomic E-state index is -0.621. The third-order valence-corrected chi connectivity index (χ3v) is 4.81. The van der Waals surface area contributed by atoms with Crippen molar-refractivity contribution in [3.63, 3.8) is 0 Å². The second kappa shape index (κ2) is 6.76. The van der Waals surface area contributed by atoms with Crippen LogP contribution in [0.5, 0.6) is 0 Å². The van der Waals surface area contributed by atoms with Crippen molar-refractivity contribution in [2.24, 2.45) is 0 Å². The molecule has 0 bridgehead atoms. The van der Waals surface area contributed by atoms with Crippen LogP contribution in [0.2, 0.25) is 10.0 Å². The van der Waals surface area contributed by atoms with Crippen LogP contribution in [-0.2, 0) is 6.42 Å². The van der Waals surface area contributed by atoms with Crippen LogP contribution in [0, 0.1) is 3.57 Å². The number of hydrogen-bond acceptors (Lipinski definition) is 1. The first-order chi connectivity index (χ1) is 8.97. The molecule has 100 valence electrons. The fourth-order valence-corrected chi connectivity index (χ4v) is 3.40. The van der Waals surface area contributed by atoms with Crippen molar-refractivity contribution in [2.75, 3.05) is 0 Å². The molecular weight excluding hydrogens is 462 g/mol. The Morgan fingerprint density at radius 2 is 1.89 bits per heavy atom. The molecule has 2 rings (SSSR count). The van der Waals surface area contributed by atoms with Crippen molar-refractivity contribution in [1.29, 1.82) is 0 Å². The highest BCUT2D eigenvalue weighted by molar-refractivity contribution is 14.1. The predicted octanol–water partition coefficient (Wildman–Crippen LogP) is 5.64. The molecule has 0 amide bonds. The highest BCUT2D eigenvalue weighted by atomic mass is 127. The lowest BCUT2D eigenvalue weighted by atomic mass is 10.0. The minimum Gasteiger partial charge on any atom is -0.388 e. The fourth-order valence-electron chi connectivity index (χ4n) is 1.78. The van der Waals surface area contributed by atoms with Gasteiger partial charge < -0.3 is 5.11 Å². The van der Waals surface area contributed by atoms with Crippen molar-refractivity contribution >= 4 is 61.7 Å². The Hall–Kier alpha value is 0.190. The minimum absolute atomic E-state index is 0.461. The molecule has 5 heteroatoms. The summed E-state index contributed by atoms with van der Waals surface area (Å²) in [7, 11) is 0. The van der Waals surface area contributed by atoms with E-state index in [4.69, 9.17) is 23.2 Å². The lowest BCUT2D eigenvalue weighted by Crippen LogP contribution is -2.04. The van der Waals surface area contributed by atoms with Crippen molar-refractivity contribution < 1.29 is 5.11 Å². The smallest absolute Gasteiger partial charge is 0.0841 e. The number of rotatable bonds is 3. The zero-order valence-electron chi connectivity index (χ0n) is 9.71. The maximum absolute atomic E-state index is 10.3. The quantitative estimate of drug-likeness (QED) is 0.575. The zero-order valence-corrected chi connectivity index (χ0v) is 15.0. The van der Waals surface area contributed by atoms with Gasteiger partial charge in [0.15, 0.2) is 0 Å². The first-order valence-electron chi connectivity index (χ1n) is 5.54. The van der Waals surface area contributed by atoms with Crippen LogP contribution in [-0.4, -0.2) is 5.11 Å². The van der Waals surface area contributed by atoms with Crippen LogP contribution in [0.3, 0.4) is 0 Å². The molecule has 0 radical (unpaired) electrons. The van der Waals surface area contributed by atoms with Gasteiger partial charge in [0.25, 0.3) is 0 Å². The van der Waals surface area contributed by atoms with Crippen LogP contribution in [0.15, 0.2) is 40.9 Å². The Morgan fingerprint density at radius 1 is 1.16 bits per heavy atom. The average Bonchev–Trinajstić information content (AvgIpc) is 2.35. The summed E-state index contributed by atoms with van der Waals surface area (Å²) in [5, 5.41) is 11.6.